The summed E-state index contributed by atoms with van der Waals surface area (Å²) in [4.78, 5) is 0. The van der Waals surface area contributed by atoms with Gasteiger partial charge in [0.25, 0.3) is 0 Å². The van der Waals surface area contributed by atoms with E-state index in [2.05, 4.69) is 13.6 Å². The fourth-order valence-corrected chi connectivity index (χ4v) is 9.16. The molecule has 19 heteroatoms. The smallest absolute Gasteiger partial charge is 0.294 e. The van der Waals surface area contributed by atoms with Crippen LogP contribution in [0.3, 0.4) is 0 Å². The molecule has 0 radical (unpaired) electrons. The fourth-order valence-electron chi connectivity index (χ4n) is 0.978. The second kappa shape index (κ2) is 6.50. The first-order valence-corrected chi connectivity index (χ1v) is 11.1. The normalized spacial score (nSPS) is 33.6. The van der Waals surface area contributed by atoms with Gasteiger partial charge in [0.2, 0.25) is 0 Å². The number of hydrogen-bond donors (Lipinski definition) is 0. The van der Waals surface area contributed by atoms with Gasteiger partial charge in [0.05, 0.1) is 0 Å². The molecule has 0 aliphatic carbocycles. The molecule has 0 amide bonds. The molecule has 0 N–H and O–H groups in total. The van der Waals surface area contributed by atoms with E-state index in [9.17, 15) is 38.4 Å². The predicted octanol–water partition coefficient (Wildman–Crippen LogP) is 7.74. The van der Waals surface area contributed by atoms with Crippen LogP contribution in [0.15, 0.2) is 18.1 Å². The van der Waals surface area contributed by atoms with Crippen molar-refractivity contribution in [1.82, 2.24) is 4.67 Å². The Bertz CT molecular complexity index is 687. The van der Waals surface area contributed by atoms with Crippen LogP contribution in [0.25, 0.3) is 0 Å². The van der Waals surface area contributed by atoms with Gasteiger partial charge in [-0.3, -0.25) is 4.52 Å². The first-order chi connectivity index (χ1) is 9.98. The highest BCUT2D eigenvalue weighted by Gasteiger charge is 2.42. The third kappa shape index (κ3) is 6.55. The summed E-state index contributed by atoms with van der Waals surface area (Å²) in [5, 5.41) is 0. The molecule has 0 spiro atoms. The Labute approximate surface area is 124 Å². The van der Waals surface area contributed by atoms with Crippen molar-refractivity contribution in [2.75, 3.05) is 20.7 Å². The fraction of sp³-hybridized carbons (Fsp3) is 1.00. The van der Waals surface area contributed by atoms with Gasteiger partial charge in [0.15, 0.2) is 6.61 Å². The molecule has 138 valence electrons. The molecule has 23 heavy (non-hydrogen) atoms. The van der Waals surface area contributed by atoms with Crippen molar-refractivity contribution in [1.29, 1.82) is 0 Å². The molecule has 0 fully saturated rings. The van der Waals surface area contributed by atoms with Crippen LogP contribution in [0.5, 0.6) is 0 Å². The highest BCUT2D eigenvalue weighted by Crippen LogP contribution is 2.82. The summed E-state index contributed by atoms with van der Waals surface area (Å²) >= 11 is 0. The highest BCUT2D eigenvalue weighted by atomic mass is 31.3. The van der Waals surface area contributed by atoms with Gasteiger partial charge in [-0.25, -0.2) is 4.67 Å². The summed E-state index contributed by atoms with van der Waals surface area (Å²) in [5.74, 6) is 0. The van der Waals surface area contributed by atoms with E-state index in [1.165, 1.54) is 0 Å². The van der Waals surface area contributed by atoms with E-state index in [4.69, 9.17) is 0 Å². The molecule has 1 aliphatic heterocycles. The number of rotatable bonds is 3. The maximum absolute atomic E-state index is 14.3. The zero-order valence-electron chi connectivity index (χ0n) is 11.0. The van der Waals surface area contributed by atoms with Crippen LogP contribution in [0, 0.1) is 0 Å². The van der Waals surface area contributed by atoms with Crippen LogP contribution in [-0.4, -0.2) is 31.5 Å². The lowest BCUT2D eigenvalue weighted by Gasteiger charge is -2.22. The maximum atomic E-state index is 14.3. The maximum Gasteiger partial charge on any atom is 0.425 e. The van der Waals surface area contributed by atoms with Crippen molar-refractivity contribution in [3.8, 4) is 0 Å². The Kier molecular flexibility index (Phi) is 6.01. The topological polar surface area (TPSA) is 61.9 Å². The quantitative estimate of drug-likeness (QED) is 0.335. The molecule has 0 saturated heterocycles. The van der Waals surface area contributed by atoms with Crippen LogP contribution >= 0.6 is 31.1 Å². The number of nitrogens with zero attached hydrogens (tertiary/aromatic N) is 5. The van der Waals surface area contributed by atoms with Gasteiger partial charge in [0, 0.05) is 0 Å². The van der Waals surface area contributed by atoms with E-state index < -0.39 is 43.8 Å². The van der Waals surface area contributed by atoms with Gasteiger partial charge >= 0.3 is 37.2 Å². The van der Waals surface area contributed by atoms with Crippen molar-refractivity contribution in [3.05, 3.63) is 0 Å². The molecule has 1 rings (SSSR count). The average Bonchev–Trinajstić information content (AvgIpc) is 2.19. The Morgan fingerprint density at radius 2 is 1.30 bits per heavy atom. The third-order valence-electron chi connectivity index (χ3n) is 1.78. The first kappa shape index (κ1) is 21.3. The summed E-state index contributed by atoms with van der Waals surface area (Å²) in [5.41, 5.74) is 0. The zero-order chi connectivity index (χ0) is 18.3. The standard InChI is InChI=1S/C4H8F9N5OP4/c1-18(2)22(12)15-20(8,9)14-21(10,11)16-23(13,17-22)19-3-4(5,6)7/h3H2,1-2H3. The summed E-state index contributed by atoms with van der Waals surface area (Å²) in [6, 6.07) is 0. The van der Waals surface area contributed by atoms with Crippen LogP contribution in [0.4, 0.5) is 38.4 Å². The minimum atomic E-state index is -6.44. The van der Waals surface area contributed by atoms with Gasteiger partial charge in [-0.1, -0.05) is 0 Å². The predicted molar refractivity (Wildman–Crippen MR) is 69.7 cm³/mol. The largest absolute Gasteiger partial charge is 0.425 e. The van der Waals surface area contributed by atoms with E-state index in [-0.39, 0.29) is 4.67 Å². The highest BCUT2D eigenvalue weighted by molar-refractivity contribution is 7.78. The molecule has 2 unspecified atom stereocenters. The first-order valence-electron chi connectivity index (χ1n) is 5.10. The van der Waals surface area contributed by atoms with Crippen molar-refractivity contribution in [2.24, 2.45) is 18.1 Å². The molecule has 6 nitrogen and oxygen atoms in total. The molecule has 0 aromatic heterocycles. The average molecular weight is 437 g/mol. The molecular weight excluding hydrogens is 429 g/mol. The lowest BCUT2D eigenvalue weighted by Crippen LogP contribution is -2.15. The lowest BCUT2D eigenvalue weighted by molar-refractivity contribution is -0.153. The molecule has 1 heterocycles. The van der Waals surface area contributed by atoms with E-state index in [1.807, 2.05) is 4.52 Å². The van der Waals surface area contributed by atoms with Crippen LogP contribution in [0.2, 0.25) is 0 Å². The molecule has 0 bridgehead atoms. The van der Waals surface area contributed by atoms with Gasteiger partial charge in [-0.05, 0) is 14.1 Å². The van der Waals surface area contributed by atoms with Gasteiger partial charge < -0.3 is 0 Å². The van der Waals surface area contributed by atoms with Crippen molar-refractivity contribution < 1.29 is 42.9 Å². The van der Waals surface area contributed by atoms with Gasteiger partial charge in [0.1, 0.15) is 0 Å². The molecule has 1 aliphatic rings. The third-order valence-corrected chi connectivity index (χ3v) is 10.3. The molecule has 2 atom stereocenters. The minimum Gasteiger partial charge on any atom is -0.294 e. The van der Waals surface area contributed by atoms with Crippen LogP contribution in [-0.2, 0) is 4.52 Å². The second-order valence-electron chi connectivity index (χ2n) is 3.97. The van der Waals surface area contributed by atoms with Crippen molar-refractivity contribution in [2.45, 2.75) is 6.18 Å². The number of alkyl halides is 3. The van der Waals surface area contributed by atoms with E-state index in [1.54, 1.807) is 4.52 Å². The van der Waals surface area contributed by atoms with E-state index >= 15 is 0 Å². The lowest BCUT2D eigenvalue weighted by atomic mass is 10.7. The van der Waals surface area contributed by atoms with Gasteiger partial charge in [-0.15, -0.1) is 34.8 Å². The second-order valence-corrected chi connectivity index (χ2v) is 11.7. The molecule has 0 aromatic carbocycles. The Morgan fingerprint density at radius 3 is 1.74 bits per heavy atom. The summed E-state index contributed by atoms with van der Waals surface area (Å²) < 4.78 is 129. The molecule has 0 saturated carbocycles. The van der Waals surface area contributed by atoms with E-state index in [0.717, 1.165) is 14.1 Å². The summed E-state index contributed by atoms with van der Waals surface area (Å²) in [7, 11) is -22.4. The Balaban J connectivity index is 3.62. The zero-order valence-corrected chi connectivity index (χ0v) is 14.6. The molecular formula is C4H8F9N5OP4. The van der Waals surface area contributed by atoms with Crippen molar-refractivity contribution in [3.63, 3.8) is 0 Å². The molecule has 0 aromatic rings. The Hall–Kier alpha value is 0.210. The Morgan fingerprint density at radius 1 is 0.826 bits per heavy atom. The summed E-state index contributed by atoms with van der Waals surface area (Å²) in [6.45, 7) is -2.41. The monoisotopic (exact) mass is 437 g/mol. The summed E-state index contributed by atoms with van der Waals surface area (Å²) in [6.07, 6.45) is -5.17. The SMILES string of the molecule is CN(C)P1(F)=NP(F)(OCC(F)(F)F)=NP(F)(F)=NP(F)(F)=N1. The van der Waals surface area contributed by atoms with Crippen molar-refractivity contribution >= 4 is 31.1 Å². The van der Waals surface area contributed by atoms with Gasteiger partial charge in [-0.2, -0.15) is 21.6 Å². The van der Waals surface area contributed by atoms with E-state index in [0.29, 0.717) is 0 Å². The van der Waals surface area contributed by atoms with Crippen LogP contribution in [0.1, 0.15) is 0 Å². The number of hydrogen-bond acceptors (Lipinski definition) is 6. The van der Waals surface area contributed by atoms with Crippen LogP contribution < -0.4 is 0 Å². The number of halogens is 9. The minimum absolute atomic E-state index is 0.235.